The molecule has 17 heavy (non-hydrogen) atoms. The second-order valence-corrected chi connectivity index (χ2v) is 5.91. The van der Waals surface area contributed by atoms with E-state index in [1.807, 2.05) is 12.1 Å². The fourth-order valence-electron chi connectivity index (χ4n) is 2.75. The quantitative estimate of drug-likeness (QED) is 0.750. The van der Waals surface area contributed by atoms with Crippen LogP contribution in [0.3, 0.4) is 0 Å². The maximum atomic E-state index is 9.43. The molecule has 0 amide bonds. The van der Waals surface area contributed by atoms with Crippen LogP contribution >= 0.6 is 23.2 Å². The van der Waals surface area contributed by atoms with Gasteiger partial charge in [0, 0.05) is 0 Å². The first-order valence-corrected chi connectivity index (χ1v) is 6.66. The van der Waals surface area contributed by atoms with Crippen molar-refractivity contribution in [2.75, 3.05) is 0 Å². The molecule has 1 saturated carbocycles. The highest BCUT2D eigenvalue weighted by molar-refractivity contribution is 6.42. The average molecular weight is 268 g/mol. The minimum Gasteiger partial charge on any atom is -0.198 e. The van der Waals surface area contributed by atoms with E-state index in [0.717, 1.165) is 24.8 Å². The predicted molar refractivity (Wildman–Crippen MR) is 71.2 cm³/mol. The number of hydrogen-bond donors (Lipinski definition) is 0. The summed E-state index contributed by atoms with van der Waals surface area (Å²) in [4.78, 5) is 0. The Morgan fingerprint density at radius 1 is 1.47 bits per heavy atom. The van der Waals surface area contributed by atoms with Gasteiger partial charge in [-0.2, -0.15) is 5.26 Å². The molecule has 2 rings (SSSR count). The van der Waals surface area contributed by atoms with Gasteiger partial charge in [-0.25, -0.2) is 0 Å². The molecule has 2 atom stereocenters. The van der Waals surface area contributed by atoms with Gasteiger partial charge in [0.15, 0.2) is 0 Å². The summed E-state index contributed by atoms with van der Waals surface area (Å²) in [5.74, 6) is 0.632. The fourth-order valence-corrected chi connectivity index (χ4v) is 3.13. The first-order chi connectivity index (χ1) is 8.06. The molecular weight excluding hydrogens is 253 g/mol. The van der Waals surface area contributed by atoms with E-state index in [1.54, 1.807) is 6.07 Å². The van der Waals surface area contributed by atoms with Crippen molar-refractivity contribution in [1.82, 2.24) is 0 Å². The molecule has 1 fully saturated rings. The molecule has 2 unspecified atom stereocenters. The highest BCUT2D eigenvalue weighted by Gasteiger charge is 2.38. The number of hydrogen-bond acceptors (Lipinski definition) is 1. The minimum absolute atomic E-state index is 0.242. The number of rotatable bonds is 2. The van der Waals surface area contributed by atoms with E-state index in [4.69, 9.17) is 23.2 Å². The van der Waals surface area contributed by atoms with Crippen LogP contribution in [0.2, 0.25) is 10.0 Å². The number of halogens is 2. The van der Waals surface area contributed by atoms with E-state index in [1.165, 1.54) is 0 Å². The van der Waals surface area contributed by atoms with Crippen LogP contribution in [0, 0.1) is 22.7 Å². The van der Waals surface area contributed by atoms with Gasteiger partial charge in [-0.05, 0) is 43.2 Å². The number of nitrogens with zero attached hydrogens (tertiary/aromatic N) is 1. The van der Waals surface area contributed by atoms with E-state index in [9.17, 15) is 5.26 Å². The molecule has 0 heterocycles. The molecule has 90 valence electrons. The van der Waals surface area contributed by atoms with Crippen LogP contribution in [-0.2, 0) is 6.42 Å². The summed E-state index contributed by atoms with van der Waals surface area (Å²) in [7, 11) is 0. The Bertz CT molecular complexity index is 464. The van der Waals surface area contributed by atoms with Crippen molar-refractivity contribution in [2.24, 2.45) is 11.3 Å². The number of nitriles is 1. The molecule has 1 aliphatic carbocycles. The third kappa shape index (κ3) is 2.59. The molecular formula is C14H15Cl2N. The molecule has 0 N–H and O–H groups in total. The zero-order valence-corrected chi connectivity index (χ0v) is 11.4. The van der Waals surface area contributed by atoms with Gasteiger partial charge in [-0.15, -0.1) is 0 Å². The van der Waals surface area contributed by atoms with E-state index >= 15 is 0 Å². The van der Waals surface area contributed by atoms with Crippen molar-refractivity contribution in [3.05, 3.63) is 33.8 Å². The van der Waals surface area contributed by atoms with Crippen LogP contribution in [0.4, 0.5) is 0 Å². The van der Waals surface area contributed by atoms with E-state index in [2.05, 4.69) is 13.0 Å². The van der Waals surface area contributed by atoms with Crippen molar-refractivity contribution in [2.45, 2.75) is 32.6 Å². The summed E-state index contributed by atoms with van der Waals surface area (Å²) in [6.45, 7) is 2.21. The lowest BCUT2D eigenvalue weighted by atomic mass is 9.81. The first-order valence-electron chi connectivity index (χ1n) is 5.90. The summed E-state index contributed by atoms with van der Waals surface area (Å²) >= 11 is 12.2. The Morgan fingerprint density at radius 3 is 2.82 bits per heavy atom. The van der Waals surface area contributed by atoms with Gasteiger partial charge >= 0.3 is 0 Å². The highest BCUT2D eigenvalue weighted by Crippen LogP contribution is 2.44. The van der Waals surface area contributed by atoms with Crippen molar-refractivity contribution in [1.29, 1.82) is 5.26 Å². The van der Waals surface area contributed by atoms with Crippen molar-refractivity contribution >= 4 is 23.2 Å². The van der Waals surface area contributed by atoms with Crippen LogP contribution < -0.4 is 0 Å². The predicted octanol–water partition coefficient (Wildman–Crippen LogP) is 4.87. The molecule has 0 radical (unpaired) electrons. The van der Waals surface area contributed by atoms with E-state index in [-0.39, 0.29) is 5.41 Å². The van der Waals surface area contributed by atoms with E-state index < -0.39 is 0 Å². The topological polar surface area (TPSA) is 23.8 Å². The minimum atomic E-state index is -0.242. The van der Waals surface area contributed by atoms with E-state index in [0.29, 0.717) is 22.4 Å². The van der Waals surface area contributed by atoms with Crippen LogP contribution in [0.1, 0.15) is 31.7 Å². The van der Waals surface area contributed by atoms with Gasteiger partial charge < -0.3 is 0 Å². The Morgan fingerprint density at radius 2 is 2.24 bits per heavy atom. The van der Waals surface area contributed by atoms with Gasteiger partial charge in [0.05, 0.1) is 21.5 Å². The molecule has 0 aliphatic heterocycles. The molecule has 1 aliphatic rings. The largest absolute Gasteiger partial charge is 0.198 e. The maximum absolute atomic E-state index is 9.43. The van der Waals surface area contributed by atoms with Crippen LogP contribution in [-0.4, -0.2) is 0 Å². The van der Waals surface area contributed by atoms with Crippen molar-refractivity contribution in [3.63, 3.8) is 0 Å². The summed E-state index contributed by atoms with van der Waals surface area (Å²) in [6.07, 6.45) is 3.78. The maximum Gasteiger partial charge on any atom is 0.0693 e. The van der Waals surface area contributed by atoms with Crippen LogP contribution in [0.5, 0.6) is 0 Å². The van der Waals surface area contributed by atoms with Gasteiger partial charge in [0.1, 0.15) is 0 Å². The van der Waals surface area contributed by atoms with Gasteiger partial charge in [0.2, 0.25) is 0 Å². The standard InChI is InChI=1S/C14H15Cl2N/c1-10-5-6-14(7-10,9-17)8-11-3-2-4-12(15)13(11)16/h2-4,10H,5-8H2,1H3. The van der Waals surface area contributed by atoms with Crippen LogP contribution in [0.15, 0.2) is 18.2 Å². The summed E-state index contributed by atoms with van der Waals surface area (Å²) in [6, 6.07) is 8.15. The lowest BCUT2D eigenvalue weighted by molar-refractivity contribution is 0.391. The lowest BCUT2D eigenvalue weighted by Crippen LogP contribution is -2.18. The molecule has 1 aromatic carbocycles. The average Bonchev–Trinajstić information content (AvgIpc) is 2.68. The molecule has 0 aromatic heterocycles. The monoisotopic (exact) mass is 267 g/mol. The molecule has 1 nitrogen and oxygen atoms in total. The summed E-state index contributed by atoms with van der Waals surface area (Å²) in [5.41, 5.74) is 0.753. The third-order valence-electron chi connectivity index (χ3n) is 3.65. The smallest absolute Gasteiger partial charge is 0.0693 e. The van der Waals surface area contributed by atoms with Crippen molar-refractivity contribution in [3.8, 4) is 6.07 Å². The zero-order valence-electron chi connectivity index (χ0n) is 9.84. The molecule has 0 spiro atoms. The second-order valence-electron chi connectivity index (χ2n) is 5.13. The lowest BCUT2D eigenvalue weighted by Gasteiger charge is -2.21. The summed E-state index contributed by atoms with van der Waals surface area (Å²) < 4.78 is 0. The molecule has 0 saturated heterocycles. The molecule has 0 bridgehead atoms. The molecule has 3 heteroatoms. The highest BCUT2D eigenvalue weighted by atomic mass is 35.5. The van der Waals surface area contributed by atoms with Crippen molar-refractivity contribution < 1.29 is 0 Å². The Kier molecular flexibility index (Phi) is 3.66. The SMILES string of the molecule is CC1CCC(C#N)(Cc2cccc(Cl)c2Cl)C1. The summed E-state index contributed by atoms with van der Waals surface area (Å²) in [5, 5.41) is 10.6. The van der Waals surface area contributed by atoms with Gasteiger partial charge in [-0.1, -0.05) is 42.3 Å². The second kappa shape index (κ2) is 4.88. The molecule has 1 aromatic rings. The first kappa shape index (κ1) is 12.7. The number of benzene rings is 1. The normalized spacial score (nSPS) is 28.0. The van der Waals surface area contributed by atoms with Gasteiger partial charge in [-0.3, -0.25) is 0 Å². The fraction of sp³-hybridized carbons (Fsp3) is 0.500. The Balaban J connectivity index is 2.26. The van der Waals surface area contributed by atoms with Crippen LogP contribution in [0.25, 0.3) is 0 Å². The van der Waals surface area contributed by atoms with Gasteiger partial charge in [0.25, 0.3) is 0 Å². The Labute approximate surface area is 112 Å². The Hall–Kier alpha value is -0.710. The third-order valence-corrected chi connectivity index (χ3v) is 4.51. The zero-order chi connectivity index (χ0) is 12.5.